The molecule has 0 aliphatic carbocycles. The Hall–Kier alpha value is -0.910. The van der Waals surface area contributed by atoms with E-state index in [0.29, 0.717) is 28.6 Å². The Kier molecular flexibility index (Phi) is 5.41. The molecular weight excluding hydrogens is 333 g/mol. The van der Waals surface area contributed by atoms with E-state index in [1.54, 1.807) is 30.0 Å². The lowest BCUT2D eigenvalue weighted by atomic mass is 9.98. The van der Waals surface area contributed by atoms with E-state index >= 15 is 0 Å². The number of carboxylic acid groups (broad SMARTS) is 1. The zero-order valence-electron chi connectivity index (χ0n) is 11.2. The van der Waals surface area contributed by atoms with E-state index in [9.17, 15) is 14.7 Å². The van der Waals surface area contributed by atoms with Gasteiger partial charge in [0.1, 0.15) is 5.54 Å². The molecule has 1 aliphatic heterocycles. The van der Waals surface area contributed by atoms with Gasteiger partial charge in [-0.2, -0.15) is 11.8 Å². The van der Waals surface area contributed by atoms with Crippen LogP contribution in [0.1, 0.15) is 18.4 Å². The second-order valence-electron chi connectivity index (χ2n) is 4.99. The van der Waals surface area contributed by atoms with Crippen molar-refractivity contribution in [1.29, 1.82) is 0 Å². The fourth-order valence-corrected chi connectivity index (χ4v) is 3.81. The summed E-state index contributed by atoms with van der Waals surface area (Å²) in [5, 5.41) is 12.9. The van der Waals surface area contributed by atoms with Gasteiger partial charge in [0, 0.05) is 12.2 Å². The maximum atomic E-state index is 12.0. The van der Waals surface area contributed by atoms with Crippen LogP contribution >= 0.6 is 35.0 Å². The molecule has 0 saturated carbocycles. The number of carbonyl (C=O) groups excluding carboxylic acids is 1. The van der Waals surface area contributed by atoms with Gasteiger partial charge >= 0.3 is 5.97 Å². The predicted octanol–water partition coefficient (Wildman–Crippen LogP) is 3.00. The molecule has 4 nitrogen and oxygen atoms in total. The number of aliphatic carboxylic acids is 1. The number of carbonyl (C=O) groups is 2. The van der Waals surface area contributed by atoms with Crippen molar-refractivity contribution in [3.63, 3.8) is 0 Å². The monoisotopic (exact) mass is 347 g/mol. The third kappa shape index (κ3) is 4.05. The van der Waals surface area contributed by atoms with Crippen LogP contribution in [0.4, 0.5) is 0 Å². The van der Waals surface area contributed by atoms with Gasteiger partial charge in [-0.3, -0.25) is 4.79 Å². The van der Waals surface area contributed by atoms with E-state index in [-0.39, 0.29) is 12.3 Å². The topological polar surface area (TPSA) is 66.4 Å². The molecule has 1 unspecified atom stereocenters. The summed E-state index contributed by atoms with van der Waals surface area (Å²) in [6, 6.07) is 5.21. The van der Waals surface area contributed by atoms with Gasteiger partial charge in [-0.15, -0.1) is 0 Å². The van der Waals surface area contributed by atoms with Crippen molar-refractivity contribution in [3.05, 3.63) is 33.8 Å². The highest BCUT2D eigenvalue weighted by atomic mass is 35.5. The molecule has 1 aliphatic rings. The average molecular weight is 348 g/mol. The molecule has 1 fully saturated rings. The fraction of sp³-hybridized carbons (Fsp3) is 0.429. The van der Waals surface area contributed by atoms with Crippen LogP contribution in [0.5, 0.6) is 0 Å². The van der Waals surface area contributed by atoms with E-state index < -0.39 is 11.5 Å². The van der Waals surface area contributed by atoms with Crippen LogP contribution in [0.2, 0.25) is 10.0 Å². The summed E-state index contributed by atoms with van der Waals surface area (Å²) in [6.07, 6.45) is 1.18. The van der Waals surface area contributed by atoms with Gasteiger partial charge in [-0.05, 0) is 36.3 Å². The normalized spacial score (nSPS) is 21.2. The number of carboxylic acids is 1. The SMILES string of the molecule is O=C(CCc1ccc(Cl)c(Cl)c1)NC1(C(=O)O)CCSC1. The van der Waals surface area contributed by atoms with E-state index in [0.717, 1.165) is 11.3 Å². The number of rotatable bonds is 5. The zero-order valence-corrected chi connectivity index (χ0v) is 13.5. The van der Waals surface area contributed by atoms with Crippen molar-refractivity contribution < 1.29 is 14.7 Å². The summed E-state index contributed by atoms with van der Waals surface area (Å²) in [4.78, 5) is 23.3. The number of thioether (sulfide) groups is 1. The highest BCUT2D eigenvalue weighted by Crippen LogP contribution is 2.28. The number of benzene rings is 1. The number of aryl methyl sites for hydroxylation is 1. The molecule has 7 heteroatoms. The third-order valence-corrected chi connectivity index (χ3v) is 5.36. The number of amides is 1. The Morgan fingerprint density at radius 3 is 2.67 bits per heavy atom. The van der Waals surface area contributed by atoms with Crippen LogP contribution < -0.4 is 5.32 Å². The number of hydrogen-bond donors (Lipinski definition) is 2. The molecule has 2 N–H and O–H groups in total. The molecular formula is C14H15Cl2NO3S. The molecule has 1 aromatic carbocycles. The smallest absolute Gasteiger partial charge is 0.330 e. The molecule has 0 radical (unpaired) electrons. The number of hydrogen-bond acceptors (Lipinski definition) is 3. The van der Waals surface area contributed by atoms with Crippen LogP contribution in [-0.2, 0) is 16.0 Å². The first-order valence-electron chi connectivity index (χ1n) is 6.49. The maximum Gasteiger partial charge on any atom is 0.330 e. The lowest BCUT2D eigenvalue weighted by Gasteiger charge is -2.24. The quantitative estimate of drug-likeness (QED) is 0.859. The number of nitrogens with one attached hydrogen (secondary N) is 1. The van der Waals surface area contributed by atoms with Crippen LogP contribution in [0.3, 0.4) is 0 Å². The highest BCUT2D eigenvalue weighted by Gasteiger charge is 2.43. The Morgan fingerprint density at radius 2 is 2.10 bits per heavy atom. The number of halogens is 2. The van der Waals surface area contributed by atoms with E-state index in [1.807, 2.05) is 0 Å². The maximum absolute atomic E-state index is 12.0. The van der Waals surface area contributed by atoms with Crippen LogP contribution in [0.15, 0.2) is 18.2 Å². The van der Waals surface area contributed by atoms with Gasteiger partial charge in [-0.25, -0.2) is 4.79 Å². The standard InChI is InChI=1S/C14H15Cl2NO3S/c15-10-3-1-9(7-11(10)16)2-4-12(18)17-14(13(19)20)5-6-21-8-14/h1,3,7H,2,4-6,8H2,(H,17,18)(H,19,20). The molecule has 21 heavy (non-hydrogen) atoms. The molecule has 0 aromatic heterocycles. The van der Waals surface area contributed by atoms with Crippen molar-refractivity contribution in [2.45, 2.75) is 24.8 Å². The predicted molar refractivity (Wildman–Crippen MR) is 85.2 cm³/mol. The fourth-order valence-electron chi connectivity index (χ4n) is 2.17. The summed E-state index contributed by atoms with van der Waals surface area (Å²) < 4.78 is 0. The van der Waals surface area contributed by atoms with Gasteiger partial charge < -0.3 is 10.4 Å². The van der Waals surface area contributed by atoms with Crippen molar-refractivity contribution in [2.75, 3.05) is 11.5 Å². The van der Waals surface area contributed by atoms with E-state index in [4.69, 9.17) is 23.2 Å². The van der Waals surface area contributed by atoms with Crippen molar-refractivity contribution in [2.24, 2.45) is 0 Å². The van der Waals surface area contributed by atoms with Crippen molar-refractivity contribution in [3.8, 4) is 0 Å². The minimum Gasteiger partial charge on any atom is -0.479 e. The largest absolute Gasteiger partial charge is 0.479 e. The van der Waals surface area contributed by atoms with Crippen LogP contribution in [-0.4, -0.2) is 34.0 Å². The minimum atomic E-state index is -1.11. The second kappa shape index (κ2) is 6.90. The molecule has 1 saturated heterocycles. The van der Waals surface area contributed by atoms with E-state index in [1.165, 1.54) is 0 Å². The lowest BCUT2D eigenvalue weighted by Crippen LogP contribution is -2.54. The molecule has 1 amide bonds. The van der Waals surface area contributed by atoms with Gasteiger partial charge in [0.15, 0.2) is 0 Å². The molecule has 114 valence electrons. The average Bonchev–Trinajstić information content (AvgIpc) is 2.90. The van der Waals surface area contributed by atoms with Crippen molar-refractivity contribution >= 4 is 46.8 Å². The Morgan fingerprint density at radius 1 is 1.33 bits per heavy atom. The van der Waals surface area contributed by atoms with E-state index in [2.05, 4.69) is 5.32 Å². The van der Waals surface area contributed by atoms with Gasteiger partial charge in [0.05, 0.1) is 10.0 Å². The highest BCUT2D eigenvalue weighted by molar-refractivity contribution is 7.99. The zero-order chi connectivity index (χ0) is 15.5. The Labute approximate surface area is 137 Å². The summed E-state index contributed by atoms with van der Waals surface area (Å²) in [7, 11) is 0. The van der Waals surface area contributed by atoms with Crippen LogP contribution in [0.25, 0.3) is 0 Å². The lowest BCUT2D eigenvalue weighted by molar-refractivity contribution is -0.146. The first-order chi connectivity index (χ1) is 9.93. The van der Waals surface area contributed by atoms with Gasteiger partial charge in [0.25, 0.3) is 0 Å². The first kappa shape index (κ1) is 16.5. The van der Waals surface area contributed by atoms with Crippen LogP contribution in [0, 0.1) is 0 Å². The molecule has 1 heterocycles. The Bertz CT molecular complexity index is 559. The van der Waals surface area contributed by atoms with Crippen molar-refractivity contribution in [1.82, 2.24) is 5.32 Å². The summed E-state index contributed by atoms with van der Waals surface area (Å²) in [6.45, 7) is 0. The van der Waals surface area contributed by atoms with Gasteiger partial charge in [-0.1, -0.05) is 29.3 Å². The molecule has 1 atom stereocenters. The summed E-state index contributed by atoms with van der Waals surface area (Å²) in [5.41, 5.74) is -0.218. The molecule has 1 aromatic rings. The second-order valence-corrected chi connectivity index (χ2v) is 6.91. The first-order valence-corrected chi connectivity index (χ1v) is 8.40. The third-order valence-electron chi connectivity index (χ3n) is 3.43. The summed E-state index contributed by atoms with van der Waals surface area (Å²) in [5.74, 6) is -0.0541. The minimum absolute atomic E-state index is 0.220. The molecule has 0 spiro atoms. The molecule has 0 bridgehead atoms. The summed E-state index contributed by atoms with van der Waals surface area (Å²) >= 11 is 13.3. The molecule has 2 rings (SSSR count). The van der Waals surface area contributed by atoms with Gasteiger partial charge in [0.2, 0.25) is 5.91 Å². The Balaban J connectivity index is 1.92.